The number of hydrogen-bond acceptors (Lipinski definition) is 4. The summed E-state index contributed by atoms with van der Waals surface area (Å²) in [7, 11) is 2.18. The van der Waals surface area contributed by atoms with E-state index in [2.05, 4.69) is 53.3 Å². The summed E-state index contributed by atoms with van der Waals surface area (Å²) in [4.78, 5) is 11.8. The van der Waals surface area contributed by atoms with Crippen molar-refractivity contribution in [3.63, 3.8) is 0 Å². The number of nitrogens with zero attached hydrogens (tertiary/aromatic N) is 3. The standard InChI is InChI=1S/C26H21N3O/c1-29-15-20-12-19(25-14-27-23-4-2-3-5-24(23)28-25)8-9-21(20)22(16-29)18-7-6-17-10-11-30-26(17)13-18/h2-14,22H,15-16H2,1H3. The second-order valence-electron chi connectivity index (χ2n) is 8.12. The molecule has 0 radical (unpaired) electrons. The molecule has 0 saturated carbocycles. The van der Waals surface area contributed by atoms with Crippen molar-refractivity contribution < 1.29 is 4.42 Å². The molecule has 1 atom stereocenters. The van der Waals surface area contributed by atoms with E-state index in [4.69, 9.17) is 9.40 Å². The summed E-state index contributed by atoms with van der Waals surface area (Å²) in [6, 6.07) is 23.3. The number of para-hydroxylation sites is 2. The third kappa shape index (κ3) is 2.88. The van der Waals surface area contributed by atoms with Gasteiger partial charge < -0.3 is 9.32 Å². The van der Waals surface area contributed by atoms with Crippen LogP contribution in [0.1, 0.15) is 22.6 Å². The summed E-state index contributed by atoms with van der Waals surface area (Å²) < 4.78 is 5.65. The highest BCUT2D eigenvalue weighted by Gasteiger charge is 2.25. The number of furan rings is 1. The van der Waals surface area contributed by atoms with Gasteiger partial charge in [-0.05, 0) is 54.1 Å². The third-order valence-corrected chi connectivity index (χ3v) is 6.08. The van der Waals surface area contributed by atoms with Crippen LogP contribution in [0.25, 0.3) is 33.3 Å². The molecular formula is C26H21N3O. The number of likely N-dealkylation sites (N-methyl/N-ethyl adjacent to an activating group) is 1. The average molecular weight is 391 g/mol. The van der Waals surface area contributed by atoms with E-state index in [1.54, 1.807) is 6.26 Å². The molecule has 0 spiro atoms. The van der Waals surface area contributed by atoms with E-state index in [-0.39, 0.29) is 0 Å². The molecule has 3 aromatic carbocycles. The Bertz CT molecular complexity index is 1390. The second-order valence-corrected chi connectivity index (χ2v) is 8.12. The maximum Gasteiger partial charge on any atom is 0.134 e. The van der Waals surface area contributed by atoms with Gasteiger partial charge in [-0.1, -0.05) is 36.4 Å². The molecule has 0 aliphatic carbocycles. The molecule has 2 aromatic heterocycles. The van der Waals surface area contributed by atoms with E-state index < -0.39 is 0 Å². The monoisotopic (exact) mass is 391 g/mol. The summed E-state index contributed by atoms with van der Waals surface area (Å²) in [6.45, 7) is 1.93. The zero-order chi connectivity index (χ0) is 20.1. The minimum Gasteiger partial charge on any atom is -0.464 e. The lowest BCUT2D eigenvalue weighted by molar-refractivity contribution is 0.295. The zero-order valence-electron chi connectivity index (χ0n) is 16.7. The highest BCUT2D eigenvalue weighted by molar-refractivity contribution is 5.78. The smallest absolute Gasteiger partial charge is 0.134 e. The molecule has 0 saturated heterocycles. The van der Waals surface area contributed by atoms with Gasteiger partial charge in [-0.25, -0.2) is 4.98 Å². The molecule has 1 aliphatic heterocycles. The number of rotatable bonds is 2. The fourth-order valence-electron chi connectivity index (χ4n) is 4.58. The average Bonchev–Trinajstić information content (AvgIpc) is 3.25. The molecule has 146 valence electrons. The van der Waals surface area contributed by atoms with Crippen LogP contribution in [0.4, 0.5) is 0 Å². The van der Waals surface area contributed by atoms with E-state index in [1.165, 1.54) is 16.7 Å². The largest absolute Gasteiger partial charge is 0.464 e. The molecule has 5 aromatic rings. The minimum atomic E-state index is 0.324. The van der Waals surface area contributed by atoms with Crippen LogP contribution in [0, 0.1) is 0 Å². The Hall–Kier alpha value is -3.50. The van der Waals surface area contributed by atoms with Gasteiger partial charge >= 0.3 is 0 Å². The summed E-state index contributed by atoms with van der Waals surface area (Å²) in [5.74, 6) is 0.324. The SMILES string of the molecule is CN1Cc2cc(-c3cnc4ccccc4n3)ccc2C(c2ccc3ccoc3c2)C1. The highest BCUT2D eigenvalue weighted by atomic mass is 16.3. The lowest BCUT2D eigenvalue weighted by Crippen LogP contribution is -2.31. The second kappa shape index (κ2) is 6.78. The lowest BCUT2D eigenvalue weighted by atomic mass is 9.83. The van der Waals surface area contributed by atoms with E-state index in [1.807, 2.05) is 36.5 Å². The lowest BCUT2D eigenvalue weighted by Gasteiger charge is -2.33. The van der Waals surface area contributed by atoms with E-state index in [0.717, 1.165) is 46.3 Å². The van der Waals surface area contributed by atoms with Crippen LogP contribution in [-0.4, -0.2) is 28.5 Å². The number of aromatic nitrogens is 2. The summed E-state index contributed by atoms with van der Waals surface area (Å²) in [5, 5.41) is 1.15. The summed E-state index contributed by atoms with van der Waals surface area (Å²) in [6.07, 6.45) is 3.63. The Kier molecular flexibility index (Phi) is 3.93. The molecule has 0 fully saturated rings. The van der Waals surface area contributed by atoms with Crippen molar-refractivity contribution in [2.45, 2.75) is 12.5 Å². The van der Waals surface area contributed by atoms with Crippen molar-refractivity contribution in [1.29, 1.82) is 0 Å². The van der Waals surface area contributed by atoms with Crippen LogP contribution < -0.4 is 0 Å². The van der Waals surface area contributed by atoms with Crippen LogP contribution in [0.15, 0.2) is 83.6 Å². The van der Waals surface area contributed by atoms with Gasteiger partial charge in [0.15, 0.2) is 0 Å². The summed E-state index contributed by atoms with van der Waals surface area (Å²) in [5.41, 5.74) is 8.86. The molecule has 1 aliphatic rings. The Morgan fingerprint density at radius 3 is 2.80 bits per heavy atom. The molecule has 0 N–H and O–H groups in total. The van der Waals surface area contributed by atoms with Crippen LogP contribution in [0.5, 0.6) is 0 Å². The molecule has 3 heterocycles. The van der Waals surface area contributed by atoms with Crippen molar-refractivity contribution in [3.05, 3.63) is 95.9 Å². The first-order chi connectivity index (χ1) is 14.7. The molecule has 0 bridgehead atoms. The molecule has 0 amide bonds. The molecule has 4 nitrogen and oxygen atoms in total. The molecule has 4 heteroatoms. The first-order valence-corrected chi connectivity index (χ1v) is 10.3. The Balaban J connectivity index is 1.43. The van der Waals surface area contributed by atoms with Crippen molar-refractivity contribution in [2.24, 2.45) is 0 Å². The third-order valence-electron chi connectivity index (χ3n) is 6.08. The molecule has 30 heavy (non-hydrogen) atoms. The molecule has 6 rings (SSSR count). The predicted octanol–water partition coefficient (Wildman–Crippen LogP) is 5.62. The van der Waals surface area contributed by atoms with Crippen molar-refractivity contribution in [2.75, 3.05) is 13.6 Å². The first-order valence-electron chi connectivity index (χ1n) is 10.3. The zero-order valence-corrected chi connectivity index (χ0v) is 16.7. The van der Waals surface area contributed by atoms with Crippen molar-refractivity contribution in [3.8, 4) is 11.3 Å². The molecule has 1 unspecified atom stereocenters. The highest BCUT2D eigenvalue weighted by Crippen LogP contribution is 2.36. The topological polar surface area (TPSA) is 42.2 Å². The van der Waals surface area contributed by atoms with Gasteiger partial charge in [0.25, 0.3) is 0 Å². The van der Waals surface area contributed by atoms with Crippen LogP contribution in [0.3, 0.4) is 0 Å². The maximum atomic E-state index is 5.65. The Labute approximate surface area is 174 Å². The van der Waals surface area contributed by atoms with Crippen LogP contribution in [0.2, 0.25) is 0 Å². The summed E-state index contributed by atoms with van der Waals surface area (Å²) >= 11 is 0. The van der Waals surface area contributed by atoms with Gasteiger partial charge in [0.05, 0.1) is 29.2 Å². The van der Waals surface area contributed by atoms with Gasteiger partial charge in [0.2, 0.25) is 0 Å². The maximum absolute atomic E-state index is 5.65. The number of hydrogen-bond donors (Lipinski definition) is 0. The van der Waals surface area contributed by atoms with E-state index in [9.17, 15) is 0 Å². The van der Waals surface area contributed by atoms with E-state index >= 15 is 0 Å². The fraction of sp³-hybridized carbons (Fsp3) is 0.154. The van der Waals surface area contributed by atoms with Gasteiger partial charge in [0, 0.05) is 30.0 Å². The first kappa shape index (κ1) is 17.4. The normalized spacial score (nSPS) is 16.8. The van der Waals surface area contributed by atoms with Gasteiger partial charge in [-0.2, -0.15) is 0 Å². The Morgan fingerprint density at radius 2 is 1.87 bits per heavy atom. The quantitative estimate of drug-likeness (QED) is 0.392. The number of fused-ring (bicyclic) bond motifs is 3. The van der Waals surface area contributed by atoms with Crippen LogP contribution in [-0.2, 0) is 6.54 Å². The van der Waals surface area contributed by atoms with Gasteiger partial charge in [-0.3, -0.25) is 4.98 Å². The fourth-order valence-corrected chi connectivity index (χ4v) is 4.58. The molecular weight excluding hydrogens is 370 g/mol. The number of benzene rings is 3. The Morgan fingerprint density at radius 1 is 0.967 bits per heavy atom. The van der Waals surface area contributed by atoms with E-state index in [0.29, 0.717) is 5.92 Å². The van der Waals surface area contributed by atoms with Crippen molar-refractivity contribution in [1.82, 2.24) is 14.9 Å². The van der Waals surface area contributed by atoms with Crippen LogP contribution >= 0.6 is 0 Å². The predicted molar refractivity (Wildman–Crippen MR) is 119 cm³/mol. The minimum absolute atomic E-state index is 0.324. The van der Waals surface area contributed by atoms with Crippen molar-refractivity contribution >= 4 is 22.0 Å². The van der Waals surface area contributed by atoms with Gasteiger partial charge in [-0.15, -0.1) is 0 Å². The van der Waals surface area contributed by atoms with Gasteiger partial charge in [0.1, 0.15) is 5.58 Å².